The van der Waals surface area contributed by atoms with E-state index < -0.39 is 0 Å². The number of nitrogens with zero attached hydrogens (tertiary/aromatic N) is 2. The fourth-order valence-corrected chi connectivity index (χ4v) is 2.50. The van der Waals surface area contributed by atoms with Gasteiger partial charge in [0.25, 0.3) is 0 Å². The molecule has 1 aromatic carbocycles. The first-order valence-corrected chi connectivity index (χ1v) is 6.98. The molecule has 3 rings (SSSR count). The second-order valence-corrected chi connectivity index (χ2v) is 5.07. The molecule has 0 amide bonds. The topological polar surface area (TPSA) is 60.2 Å². The van der Waals surface area contributed by atoms with Crippen LogP contribution in [-0.2, 0) is 17.6 Å². The maximum absolute atomic E-state index is 5.46. The molecule has 20 heavy (non-hydrogen) atoms. The molecule has 2 aromatic rings. The van der Waals surface area contributed by atoms with E-state index in [0.29, 0.717) is 19.1 Å². The number of benzene rings is 1. The number of likely N-dealkylation sites (N-methyl/N-ethyl adjacent to an activating group) is 1. The van der Waals surface area contributed by atoms with Crippen molar-refractivity contribution < 1.29 is 9.26 Å². The lowest BCUT2D eigenvalue weighted by Gasteiger charge is -2.11. The first-order chi connectivity index (χ1) is 9.86. The largest absolute Gasteiger partial charge is 0.379 e. The molecule has 0 saturated carbocycles. The third kappa shape index (κ3) is 2.89. The van der Waals surface area contributed by atoms with Gasteiger partial charge in [-0.3, -0.25) is 0 Å². The van der Waals surface area contributed by atoms with E-state index >= 15 is 0 Å². The van der Waals surface area contributed by atoms with Crippen molar-refractivity contribution in [2.24, 2.45) is 0 Å². The lowest BCUT2D eigenvalue weighted by molar-refractivity contribution is 0.185. The molecule has 5 nitrogen and oxygen atoms in total. The van der Waals surface area contributed by atoms with Crippen molar-refractivity contribution in [2.75, 3.05) is 20.3 Å². The fraction of sp³-hybridized carbons (Fsp3) is 0.467. The van der Waals surface area contributed by atoms with Crippen LogP contribution in [0.3, 0.4) is 0 Å². The monoisotopic (exact) mass is 273 g/mol. The average molecular weight is 273 g/mol. The number of nitrogens with one attached hydrogen (secondary N) is 1. The summed E-state index contributed by atoms with van der Waals surface area (Å²) in [5.41, 5.74) is 1.29. The Balaban J connectivity index is 1.62. The molecule has 1 aromatic heterocycles. The van der Waals surface area contributed by atoms with Gasteiger partial charge in [0.05, 0.1) is 19.1 Å². The Morgan fingerprint density at radius 2 is 2.05 bits per heavy atom. The standard InChI is InChI=1S/C15H19N3O2/c1-16-13-10-19-9-12(13)15-17-14(18-20-15)8-7-11-5-3-2-4-6-11/h2-6,12-13,16H,7-10H2,1H3. The van der Waals surface area contributed by atoms with Crippen LogP contribution in [0.1, 0.15) is 23.2 Å². The van der Waals surface area contributed by atoms with Crippen LogP contribution in [0, 0.1) is 0 Å². The molecular formula is C15H19N3O2. The SMILES string of the molecule is CNC1COCC1c1nc(CCc2ccccc2)no1. The summed E-state index contributed by atoms with van der Waals surface area (Å²) in [6.45, 7) is 1.34. The molecule has 106 valence electrons. The molecule has 2 heterocycles. The van der Waals surface area contributed by atoms with Crippen molar-refractivity contribution in [1.82, 2.24) is 15.5 Å². The Morgan fingerprint density at radius 3 is 2.85 bits per heavy atom. The van der Waals surface area contributed by atoms with Gasteiger partial charge in [0.15, 0.2) is 5.82 Å². The highest BCUT2D eigenvalue weighted by atomic mass is 16.5. The van der Waals surface area contributed by atoms with Crippen molar-refractivity contribution in [1.29, 1.82) is 0 Å². The maximum Gasteiger partial charge on any atom is 0.233 e. The Kier molecular flexibility index (Phi) is 4.08. The van der Waals surface area contributed by atoms with Gasteiger partial charge < -0.3 is 14.6 Å². The van der Waals surface area contributed by atoms with Crippen LogP contribution in [0.5, 0.6) is 0 Å². The molecule has 1 fully saturated rings. The third-order valence-corrected chi connectivity index (χ3v) is 3.73. The number of hydrogen-bond donors (Lipinski definition) is 1. The van der Waals surface area contributed by atoms with Crippen molar-refractivity contribution in [2.45, 2.75) is 24.8 Å². The summed E-state index contributed by atoms with van der Waals surface area (Å²) in [5, 5.41) is 7.30. The summed E-state index contributed by atoms with van der Waals surface area (Å²) in [6.07, 6.45) is 1.72. The van der Waals surface area contributed by atoms with Gasteiger partial charge in [0.1, 0.15) is 0 Å². The molecule has 0 radical (unpaired) electrons. The Hall–Kier alpha value is -1.72. The zero-order chi connectivity index (χ0) is 13.8. The Bertz CT molecular complexity index is 541. The molecule has 0 spiro atoms. The lowest BCUT2D eigenvalue weighted by Crippen LogP contribution is -2.31. The van der Waals surface area contributed by atoms with Crippen LogP contribution < -0.4 is 5.32 Å². The fourth-order valence-electron chi connectivity index (χ4n) is 2.50. The normalized spacial score (nSPS) is 22.2. The minimum Gasteiger partial charge on any atom is -0.379 e. The smallest absolute Gasteiger partial charge is 0.233 e. The van der Waals surface area contributed by atoms with E-state index in [1.807, 2.05) is 25.2 Å². The van der Waals surface area contributed by atoms with Crippen LogP contribution in [0.2, 0.25) is 0 Å². The van der Waals surface area contributed by atoms with Gasteiger partial charge >= 0.3 is 0 Å². The highest BCUT2D eigenvalue weighted by Gasteiger charge is 2.32. The first-order valence-electron chi connectivity index (χ1n) is 6.98. The summed E-state index contributed by atoms with van der Waals surface area (Å²) in [5.74, 6) is 1.62. The molecule has 1 aliphatic heterocycles. The minimum atomic E-state index is 0.165. The molecule has 0 aliphatic carbocycles. The zero-order valence-electron chi connectivity index (χ0n) is 11.6. The summed E-state index contributed by atoms with van der Waals surface area (Å²) in [6, 6.07) is 10.6. The molecule has 2 unspecified atom stereocenters. The van der Waals surface area contributed by atoms with Gasteiger partial charge in [-0.1, -0.05) is 35.5 Å². The Morgan fingerprint density at radius 1 is 1.20 bits per heavy atom. The number of aromatic nitrogens is 2. The van der Waals surface area contributed by atoms with Gasteiger partial charge in [-0.05, 0) is 19.0 Å². The molecule has 1 N–H and O–H groups in total. The summed E-state index contributed by atoms with van der Waals surface area (Å²) in [4.78, 5) is 4.51. The molecule has 1 saturated heterocycles. The molecular weight excluding hydrogens is 254 g/mol. The van der Waals surface area contributed by atoms with Crippen molar-refractivity contribution in [3.05, 3.63) is 47.6 Å². The van der Waals surface area contributed by atoms with E-state index in [1.165, 1.54) is 5.56 Å². The van der Waals surface area contributed by atoms with Crippen molar-refractivity contribution in [3.8, 4) is 0 Å². The van der Waals surface area contributed by atoms with Crippen LogP contribution >= 0.6 is 0 Å². The average Bonchev–Trinajstić information content (AvgIpc) is 3.14. The van der Waals surface area contributed by atoms with Crippen LogP contribution in [-0.4, -0.2) is 36.4 Å². The molecule has 5 heteroatoms. The van der Waals surface area contributed by atoms with E-state index in [4.69, 9.17) is 9.26 Å². The molecule has 1 aliphatic rings. The van der Waals surface area contributed by atoms with Gasteiger partial charge in [0.2, 0.25) is 5.89 Å². The highest BCUT2D eigenvalue weighted by molar-refractivity contribution is 5.15. The third-order valence-electron chi connectivity index (χ3n) is 3.73. The van der Waals surface area contributed by atoms with E-state index in [1.54, 1.807) is 0 Å². The van der Waals surface area contributed by atoms with Gasteiger partial charge in [-0.15, -0.1) is 0 Å². The predicted molar refractivity (Wildman–Crippen MR) is 74.6 cm³/mol. The van der Waals surface area contributed by atoms with E-state index in [9.17, 15) is 0 Å². The quantitative estimate of drug-likeness (QED) is 0.895. The van der Waals surface area contributed by atoms with E-state index in [2.05, 4.69) is 27.6 Å². The van der Waals surface area contributed by atoms with Gasteiger partial charge in [0, 0.05) is 12.5 Å². The van der Waals surface area contributed by atoms with Crippen LogP contribution in [0.15, 0.2) is 34.9 Å². The zero-order valence-corrected chi connectivity index (χ0v) is 11.6. The number of aryl methyl sites for hydroxylation is 2. The first kappa shape index (κ1) is 13.3. The van der Waals surface area contributed by atoms with E-state index in [0.717, 1.165) is 18.7 Å². The predicted octanol–water partition coefficient (Wildman–Crippen LogP) is 1.56. The van der Waals surface area contributed by atoms with Gasteiger partial charge in [-0.25, -0.2) is 0 Å². The van der Waals surface area contributed by atoms with Crippen LogP contribution in [0.25, 0.3) is 0 Å². The second kappa shape index (κ2) is 6.15. The number of hydrogen-bond acceptors (Lipinski definition) is 5. The lowest BCUT2D eigenvalue weighted by atomic mass is 10.0. The number of ether oxygens (including phenoxy) is 1. The highest BCUT2D eigenvalue weighted by Crippen LogP contribution is 2.24. The van der Waals surface area contributed by atoms with E-state index in [-0.39, 0.29) is 12.0 Å². The summed E-state index contributed by atoms with van der Waals surface area (Å²) in [7, 11) is 1.93. The summed E-state index contributed by atoms with van der Waals surface area (Å²) < 4.78 is 10.9. The second-order valence-electron chi connectivity index (χ2n) is 5.07. The number of rotatable bonds is 5. The van der Waals surface area contributed by atoms with Crippen molar-refractivity contribution in [3.63, 3.8) is 0 Å². The molecule has 2 atom stereocenters. The molecule has 0 bridgehead atoms. The maximum atomic E-state index is 5.46. The summed E-state index contributed by atoms with van der Waals surface area (Å²) >= 11 is 0. The van der Waals surface area contributed by atoms with Crippen LogP contribution in [0.4, 0.5) is 0 Å². The minimum absolute atomic E-state index is 0.165. The van der Waals surface area contributed by atoms with Crippen molar-refractivity contribution >= 4 is 0 Å². The Labute approximate surface area is 118 Å². The van der Waals surface area contributed by atoms with Gasteiger partial charge in [-0.2, -0.15) is 4.98 Å².